The maximum Gasteiger partial charge on any atom is 0.187 e. The molecule has 0 spiro atoms. The van der Waals surface area contributed by atoms with Crippen LogP contribution in [0.3, 0.4) is 0 Å². The van der Waals surface area contributed by atoms with Crippen LogP contribution in [0.15, 0.2) is 243 Å². The zero-order chi connectivity index (χ0) is 49.0. The molecule has 74 heavy (non-hydrogen) atoms. The van der Waals surface area contributed by atoms with Crippen LogP contribution in [0.4, 0.5) is 5.69 Å². The molecule has 342 valence electrons. The van der Waals surface area contributed by atoms with E-state index < -0.39 is 0 Å². The Morgan fingerprint density at radius 3 is 0.757 bits per heavy atom. The van der Waals surface area contributed by atoms with Crippen molar-refractivity contribution in [2.75, 3.05) is 0 Å². The molecular weight excluding hydrogens is 901 g/mol. The van der Waals surface area contributed by atoms with Crippen LogP contribution in [-0.2, 0) is 0 Å². The van der Waals surface area contributed by atoms with E-state index >= 15 is 0 Å². The number of nitriles is 1. The minimum absolute atomic E-state index is 0.555. The first-order chi connectivity index (χ1) is 36.7. The molecule has 0 radical (unpaired) electrons. The van der Waals surface area contributed by atoms with Gasteiger partial charge < -0.3 is 18.3 Å². The Morgan fingerprint density at radius 2 is 0.514 bits per heavy atom. The van der Waals surface area contributed by atoms with Crippen molar-refractivity contribution in [2.45, 2.75) is 0 Å². The fourth-order valence-corrected chi connectivity index (χ4v) is 12.2. The first kappa shape index (κ1) is 41.4. The standard InChI is InChI=1S/C68H40N6/c1-70-46-40-38-45(39-41-46)64-63(44-36-34-43(42-69)35-37-44)65(71-55-26-10-2-18-47(55)48-19-3-11-27-56(48)71)67(73-59-30-14-6-22-51(59)52-23-7-15-31-60(52)73)68(74-61-32-16-8-24-53(61)54-25-9-17-33-62(54)74)66(64)72-57-28-12-4-20-49(57)50-21-5-13-29-58(50)72/h2-41H. The van der Waals surface area contributed by atoms with E-state index in [4.69, 9.17) is 6.57 Å². The van der Waals surface area contributed by atoms with Gasteiger partial charge in [0.2, 0.25) is 0 Å². The predicted molar refractivity (Wildman–Crippen MR) is 306 cm³/mol. The van der Waals surface area contributed by atoms with Crippen molar-refractivity contribution in [1.29, 1.82) is 5.26 Å². The Hall–Kier alpha value is -10.4. The Morgan fingerprint density at radius 1 is 0.284 bits per heavy atom. The quantitative estimate of drug-likeness (QED) is 0.153. The molecule has 0 aliphatic carbocycles. The number of nitrogens with zero attached hydrogens (tertiary/aromatic N) is 6. The van der Waals surface area contributed by atoms with E-state index in [1.807, 2.05) is 24.3 Å². The molecule has 0 saturated carbocycles. The lowest BCUT2D eigenvalue weighted by Crippen LogP contribution is -2.16. The van der Waals surface area contributed by atoms with Gasteiger partial charge in [-0.1, -0.05) is 182 Å². The molecule has 6 nitrogen and oxygen atoms in total. The van der Waals surface area contributed by atoms with Gasteiger partial charge in [-0.05, 0) is 71.8 Å². The zero-order valence-corrected chi connectivity index (χ0v) is 39.8. The summed E-state index contributed by atoms with van der Waals surface area (Å²) < 4.78 is 10.1. The lowest BCUT2D eigenvalue weighted by Gasteiger charge is -2.31. The molecule has 6 heteroatoms. The van der Waals surface area contributed by atoms with Crippen LogP contribution in [0.25, 0.3) is 137 Å². The zero-order valence-electron chi connectivity index (χ0n) is 39.8. The molecule has 4 heterocycles. The highest BCUT2D eigenvalue weighted by molar-refractivity contribution is 6.18. The third-order valence-corrected chi connectivity index (χ3v) is 15.2. The number of rotatable bonds is 6. The van der Waals surface area contributed by atoms with Crippen molar-refractivity contribution >= 4 is 92.9 Å². The molecule has 0 aliphatic rings. The second-order valence-corrected chi connectivity index (χ2v) is 19.0. The normalized spacial score (nSPS) is 11.8. The molecule has 15 aromatic rings. The summed E-state index contributed by atoms with van der Waals surface area (Å²) in [6, 6.07) is 88.9. The van der Waals surface area contributed by atoms with Crippen LogP contribution in [0, 0.1) is 17.9 Å². The van der Waals surface area contributed by atoms with Crippen LogP contribution in [0.2, 0.25) is 0 Å². The summed E-state index contributed by atoms with van der Waals surface area (Å²) >= 11 is 0. The van der Waals surface area contributed by atoms with Crippen molar-refractivity contribution in [3.8, 4) is 51.1 Å². The first-order valence-electron chi connectivity index (χ1n) is 24.9. The third kappa shape index (κ3) is 5.79. The minimum Gasteiger partial charge on any atom is -0.306 e. The van der Waals surface area contributed by atoms with Gasteiger partial charge in [0.25, 0.3) is 0 Å². The van der Waals surface area contributed by atoms with Crippen molar-refractivity contribution in [3.63, 3.8) is 0 Å². The summed E-state index contributed by atoms with van der Waals surface area (Å²) in [6.07, 6.45) is 0. The van der Waals surface area contributed by atoms with Crippen molar-refractivity contribution < 1.29 is 0 Å². The smallest absolute Gasteiger partial charge is 0.187 e. The van der Waals surface area contributed by atoms with E-state index in [1.54, 1.807) is 0 Å². The highest BCUT2D eigenvalue weighted by atomic mass is 15.1. The van der Waals surface area contributed by atoms with Gasteiger partial charge >= 0.3 is 0 Å². The molecular formula is C68H40N6. The molecule has 0 unspecified atom stereocenters. The predicted octanol–water partition coefficient (Wildman–Crippen LogP) is 17.8. The van der Waals surface area contributed by atoms with Gasteiger partial charge in [-0.25, -0.2) is 4.85 Å². The Balaban J connectivity index is 1.35. The van der Waals surface area contributed by atoms with E-state index in [1.165, 1.54) is 0 Å². The van der Waals surface area contributed by atoms with Crippen molar-refractivity contribution in [1.82, 2.24) is 18.3 Å². The van der Waals surface area contributed by atoms with Crippen molar-refractivity contribution in [3.05, 3.63) is 260 Å². The van der Waals surface area contributed by atoms with Gasteiger partial charge in [0, 0.05) is 54.2 Å². The van der Waals surface area contributed by atoms with Gasteiger partial charge in [0.05, 0.1) is 85.1 Å². The average molecular weight is 941 g/mol. The van der Waals surface area contributed by atoms with E-state index in [0.717, 1.165) is 132 Å². The number of aromatic nitrogens is 4. The van der Waals surface area contributed by atoms with Crippen LogP contribution in [-0.4, -0.2) is 18.3 Å². The highest BCUT2D eigenvalue weighted by Crippen LogP contribution is 2.54. The maximum absolute atomic E-state index is 10.4. The molecule has 0 fully saturated rings. The van der Waals surface area contributed by atoms with Crippen LogP contribution >= 0.6 is 0 Å². The van der Waals surface area contributed by atoms with E-state index in [-0.39, 0.29) is 0 Å². The topological polar surface area (TPSA) is 47.9 Å². The van der Waals surface area contributed by atoms with Crippen molar-refractivity contribution in [2.24, 2.45) is 0 Å². The number of hydrogen-bond donors (Lipinski definition) is 0. The summed E-state index contributed by atoms with van der Waals surface area (Å²) in [5, 5.41) is 19.5. The molecule has 0 bridgehead atoms. The SMILES string of the molecule is [C-]#[N+]c1ccc(-c2c(-c3ccc(C#N)cc3)c(-n3c4ccccc4c4ccccc43)c(-n3c4ccccc4c4ccccc43)c(-n3c4ccccc4c4ccccc43)c2-n2c3ccccc3c3ccccc32)cc1. The Labute approximate surface area is 425 Å². The Bertz CT molecular complexity index is 4380. The average Bonchev–Trinajstić information content (AvgIpc) is 4.28. The number of hydrogen-bond acceptors (Lipinski definition) is 1. The summed E-state index contributed by atoms with van der Waals surface area (Å²) in [7, 11) is 0. The van der Waals surface area contributed by atoms with Gasteiger partial charge in [0.1, 0.15) is 0 Å². The number of benzene rings is 11. The van der Waals surface area contributed by atoms with Crippen LogP contribution in [0.5, 0.6) is 0 Å². The largest absolute Gasteiger partial charge is 0.306 e. The lowest BCUT2D eigenvalue weighted by atomic mass is 9.87. The van der Waals surface area contributed by atoms with Gasteiger partial charge in [-0.3, -0.25) is 0 Å². The van der Waals surface area contributed by atoms with Gasteiger partial charge in [-0.2, -0.15) is 5.26 Å². The molecule has 15 rings (SSSR count). The van der Waals surface area contributed by atoms with Gasteiger partial charge in [0.15, 0.2) is 5.69 Å². The first-order valence-corrected chi connectivity index (χ1v) is 24.9. The fourth-order valence-electron chi connectivity index (χ4n) is 12.2. The lowest BCUT2D eigenvalue weighted by molar-refractivity contribution is 1.03. The summed E-state index contributed by atoms with van der Waals surface area (Å²) in [5.74, 6) is 0. The molecule has 0 aliphatic heterocycles. The molecule has 0 saturated heterocycles. The molecule has 0 amide bonds. The highest BCUT2D eigenvalue weighted by Gasteiger charge is 2.35. The number of para-hydroxylation sites is 8. The fraction of sp³-hybridized carbons (Fsp3) is 0. The summed E-state index contributed by atoms with van der Waals surface area (Å²) in [4.78, 5) is 3.92. The third-order valence-electron chi connectivity index (χ3n) is 15.2. The van der Waals surface area contributed by atoms with Crippen LogP contribution in [0.1, 0.15) is 5.56 Å². The maximum atomic E-state index is 10.4. The van der Waals surface area contributed by atoms with Crippen LogP contribution < -0.4 is 0 Å². The van der Waals surface area contributed by atoms with E-state index in [0.29, 0.717) is 11.3 Å². The summed E-state index contributed by atoms with van der Waals surface area (Å²) in [5.41, 5.74) is 17.3. The van der Waals surface area contributed by atoms with Gasteiger partial charge in [-0.15, -0.1) is 0 Å². The number of fused-ring (bicyclic) bond motifs is 12. The second kappa shape index (κ2) is 16.1. The van der Waals surface area contributed by atoms with E-state index in [2.05, 4.69) is 248 Å². The second-order valence-electron chi connectivity index (χ2n) is 19.0. The Kier molecular flexibility index (Phi) is 8.99. The molecule has 11 aromatic carbocycles. The van der Waals surface area contributed by atoms with E-state index in [9.17, 15) is 5.26 Å². The minimum atomic E-state index is 0.555. The monoisotopic (exact) mass is 940 g/mol. The summed E-state index contributed by atoms with van der Waals surface area (Å²) in [6.45, 7) is 8.16. The molecule has 0 N–H and O–H groups in total. The molecule has 0 atom stereocenters. The molecule has 4 aromatic heterocycles.